The van der Waals surface area contributed by atoms with Gasteiger partial charge in [0.1, 0.15) is 18.1 Å². The number of carbonyl (C=O) groups is 4. The van der Waals surface area contributed by atoms with Gasteiger partial charge in [-0.1, -0.05) is 32.0 Å². The number of hydrogen-bond donors (Lipinski definition) is 7. The third kappa shape index (κ3) is 7.97. The molecule has 2 aromatic rings. The number of nitrogens with two attached hydrogens (primary N) is 1. The molecule has 8 N–H and O–H groups in total. The molecule has 0 aliphatic carbocycles. The summed E-state index contributed by atoms with van der Waals surface area (Å²) >= 11 is 1.52. The van der Waals surface area contributed by atoms with Gasteiger partial charge in [0.05, 0.1) is 12.6 Å². The predicted octanol–water partition coefficient (Wildman–Crippen LogP) is -0.0219. The van der Waals surface area contributed by atoms with Gasteiger partial charge < -0.3 is 36.9 Å². The fourth-order valence-corrected chi connectivity index (χ4v) is 4.11. The minimum absolute atomic E-state index is 0.0348. The molecule has 0 aliphatic rings. The molecule has 198 valence electrons. The molecule has 0 saturated heterocycles. The van der Waals surface area contributed by atoms with Gasteiger partial charge in [0.15, 0.2) is 0 Å². The lowest BCUT2D eigenvalue weighted by Gasteiger charge is -2.26. The highest BCUT2D eigenvalue weighted by atomic mass is 32.2. The minimum Gasteiger partial charge on any atom is -0.480 e. The number of aliphatic hydroxyl groups is 1. The first-order valence-corrected chi connectivity index (χ1v) is 13.0. The van der Waals surface area contributed by atoms with Crippen LogP contribution in [-0.2, 0) is 25.6 Å². The standard InChI is InChI=1S/C24H35N5O6S/c1-13(2)20(29-22(32)19(12-30)28-21(31)16(25)8-9-36-3)23(33)27-18(24(34)35)10-14-11-26-17-7-5-4-6-15(14)17/h4-7,11,13,16,18-20,26,30H,8-10,12,25H2,1-3H3,(H,27,33)(H,28,31)(H,29,32)(H,34,35). The monoisotopic (exact) mass is 521 g/mol. The summed E-state index contributed by atoms with van der Waals surface area (Å²) in [5, 5.41) is 27.6. The van der Waals surface area contributed by atoms with Gasteiger partial charge in [-0.15, -0.1) is 0 Å². The molecule has 4 unspecified atom stereocenters. The van der Waals surface area contributed by atoms with Crippen molar-refractivity contribution in [1.82, 2.24) is 20.9 Å². The summed E-state index contributed by atoms with van der Waals surface area (Å²) in [6.07, 6.45) is 4.01. The van der Waals surface area contributed by atoms with E-state index in [1.807, 2.05) is 30.5 Å². The summed E-state index contributed by atoms with van der Waals surface area (Å²) in [5.41, 5.74) is 7.39. The molecule has 12 heteroatoms. The van der Waals surface area contributed by atoms with Crippen molar-refractivity contribution in [3.05, 3.63) is 36.0 Å². The highest BCUT2D eigenvalue weighted by Gasteiger charge is 2.32. The molecule has 1 aromatic heterocycles. The van der Waals surface area contributed by atoms with E-state index in [-0.39, 0.29) is 6.42 Å². The number of aromatic amines is 1. The second kappa shape index (κ2) is 13.9. The van der Waals surface area contributed by atoms with E-state index < -0.39 is 60.4 Å². The Kier molecular flexibility index (Phi) is 11.2. The molecule has 2 rings (SSSR count). The van der Waals surface area contributed by atoms with Crippen LogP contribution in [0.25, 0.3) is 10.9 Å². The maximum absolute atomic E-state index is 13.0. The molecular weight excluding hydrogens is 486 g/mol. The van der Waals surface area contributed by atoms with Crippen LogP contribution in [0.4, 0.5) is 0 Å². The summed E-state index contributed by atoms with van der Waals surface area (Å²) < 4.78 is 0. The van der Waals surface area contributed by atoms with E-state index in [2.05, 4.69) is 20.9 Å². The van der Waals surface area contributed by atoms with E-state index in [1.165, 1.54) is 11.8 Å². The van der Waals surface area contributed by atoms with Crippen LogP contribution in [0.1, 0.15) is 25.8 Å². The van der Waals surface area contributed by atoms with Crippen LogP contribution < -0.4 is 21.7 Å². The van der Waals surface area contributed by atoms with Gasteiger partial charge in [-0.3, -0.25) is 14.4 Å². The molecule has 0 saturated carbocycles. The number of nitrogens with one attached hydrogen (secondary N) is 4. The number of fused-ring (bicyclic) bond motifs is 1. The van der Waals surface area contributed by atoms with E-state index >= 15 is 0 Å². The summed E-state index contributed by atoms with van der Waals surface area (Å²) in [6, 6.07) is 2.92. The zero-order valence-electron chi connectivity index (χ0n) is 20.6. The van der Waals surface area contributed by atoms with Crippen LogP contribution in [0, 0.1) is 5.92 Å². The molecule has 0 bridgehead atoms. The topological polar surface area (TPSA) is 187 Å². The lowest BCUT2D eigenvalue weighted by molar-refractivity contribution is -0.142. The van der Waals surface area contributed by atoms with Crippen molar-refractivity contribution in [2.24, 2.45) is 11.7 Å². The number of aromatic nitrogens is 1. The summed E-state index contributed by atoms with van der Waals surface area (Å²) in [4.78, 5) is 53.0. The molecule has 0 radical (unpaired) electrons. The van der Waals surface area contributed by atoms with Crippen LogP contribution in [0.2, 0.25) is 0 Å². The zero-order valence-corrected chi connectivity index (χ0v) is 21.4. The highest BCUT2D eigenvalue weighted by molar-refractivity contribution is 7.98. The van der Waals surface area contributed by atoms with Crippen LogP contribution in [0.5, 0.6) is 0 Å². The molecule has 3 amide bonds. The van der Waals surface area contributed by atoms with Gasteiger partial charge in [-0.25, -0.2) is 4.79 Å². The Labute approximate surface area is 214 Å². The largest absolute Gasteiger partial charge is 0.480 e. The van der Waals surface area contributed by atoms with Crippen molar-refractivity contribution in [1.29, 1.82) is 0 Å². The number of rotatable bonds is 14. The Morgan fingerprint density at radius 3 is 2.31 bits per heavy atom. The Morgan fingerprint density at radius 1 is 1.03 bits per heavy atom. The Hall–Kier alpha value is -3.09. The lowest BCUT2D eigenvalue weighted by atomic mass is 10.0. The van der Waals surface area contributed by atoms with Crippen molar-refractivity contribution in [2.45, 2.75) is 50.9 Å². The fourth-order valence-electron chi connectivity index (χ4n) is 3.62. The third-order valence-corrected chi connectivity index (χ3v) is 6.39. The lowest BCUT2D eigenvalue weighted by Crippen LogP contribution is -2.59. The number of H-pyrrole nitrogens is 1. The average Bonchev–Trinajstić information content (AvgIpc) is 3.25. The second-order valence-electron chi connectivity index (χ2n) is 8.83. The number of benzene rings is 1. The molecule has 1 aromatic carbocycles. The first kappa shape index (κ1) is 29.1. The van der Waals surface area contributed by atoms with Crippen molar-refractivity contribution in [3.63, 3.8) is 0 Å². The smallest absolute Gasteiger partial charge is 0.326 e. The average molecular weight is 522 g/mol. The van der Waals surface area contributed by atoms with E-state index in [0.717, 1.165) is 16.5 Å². The highest BCUT2D eigenvalue weighted by Crippen LogP contribution is 2.19. The van der Waals surface area contributed by atoms with Crippen molar-refractivity contribution in [3.8, 4) is 0 Å². The number of carboxylic acids is 1. The van der Waals surface area contributed by atoms with Gasteiger partial charge in [-0.05, 0) is 36.0 Å². The van der Waals surface area contributed by atoms with E-state index in [4.69, 9.17) is 5.73 Å². The molecule has 36 heavy (non-hydrogen) atoms. The normalized spacial score (nSPS) is 14.6. The van der Waals surface area contributed by atoms with Gasteiger partial charge in [0.25, 0.3) is 0 Å². The van der Waals surface area contributed by atoms with Crippen LogP contribution in [0.15, 0.2) is 30.5 Å². The van der Waals surface area contributed by atoms with E-state index in [1.54, 1.807) is 20.0 Å². The number of thioether (sulfide) groups is 1. The SMILES string of the molecule is CSCCC(N)C(=O)NC(CO)C(=O)NC(C(=O)NC(Cc1c[nH]c2ccccc12)C(=O)O)C(C)C. The molecule has 11 nitrogen and oxygen atoms in total. The maximum Gasteiger partial charge on any atom is 0.326 e. The number of hydrogen-bond acceptors (Lipinski definition) is 7. The van der Waals surface area contributed by atoms with Crippen molar-refractivity contribution in [2.75, 3.05) is 18.6 Å². The van der Waals surface area contributed by atoms with Gasteiger partial charge in [0.2, 0.25) is 17.7 Å². The predicted molar refractivity (Wildman–Crippen MR) is 138 cm³/mol. The van der Waals surface area contributed by atoms with Crippen molar-refractivity contribution < 1.29 is 29.4 Å². The zero-order chi connectivity index (χ0) is 26.8. The van der Waals surface area contributed by atoms with Gasteiger partial charge in [-0.2, -0.15) is 11.8 Å². The fraction of sp³-hybridized carbons (Fsp3) is 0.500. The molecule has 1 heterocycles. The minimum atomic E-state index is -1.31. The number of aliphatic carboxylic acids is 1. The maximum atomic E-state index is 13.0. The molecule has 0 fully saturated rings. The number of para-hydroxylation sites is 1. The summed E-state index contributed by atoms with van der Waals surface area (Å²) in [5.74, 6) is -3.03. The van der Waals surface area contributed by atoms with Crippen LogP contribution >= 0.6 is 11.8 Å². The number of carbonyl (C=O) groups excluding carboxylic acids is 3. The van der Waals surface area contributed by atoms with Crippen LogP contribution in [-0.4, -0.2) is 81.7 Å². The van der Waals surface area contributed by atoms with E-state index in [0.29, 0.717) is 12.2 Å². The first-order chi connectivity index (χ1) is 17.1. The van der Waals surface area contributed by atoms with Gasteiger partial charge >= 0.3 is 5.97 Å². The quantitative estimate of drug-likeness (QED) is 0.181. The Morgan fingerprint density at radius 2 is 1.69 bits per heavy atom. The summed E-state index contributed by atoms with van der Waals surface area (Å²) in [7, 11) is 0. The number of amides is 3. The number of carboxylic acid groups (broad SMARTS) is 1. The Bertz CT molecular complexity index is 1060. The second-order valence-corrected chi connectivity index (χ2v) is 9.81. The molecule has 4 atom stereocenters. The van der Waals surface area contributed by atoms with E-state index in [9.17, 15) is 29.4 Å². The van der Waals surface area contributed by atoms with Crippen LogP contribution in [0.3, 0.4) is 0 Å². The Balaban J connectivity index is 2.07. The molecule has 0 spiro atoms. The van der Waals surface area contributed by atoms with Crippen molar-refractivity contribution >= 4 is 46.4 Å². The molecule has 0 aliphatic heterocycles. The first-order valence-electron chi connectivity index (χ1n) is 11.6. The summed E-state index contributed by atoms with van der Waals surface area (Å²) in [6.45, 7) is 2.67. The third-order valence-electron chi connectivity index (χ3n) is 5.75. The number of aliphatic hydroxyl groups excluding tert-OH is 1. The van der Waals surface area contributed by atoms with Gasteiger partial charge in [0, 0.05) is 23.5 Å². The molecular formula is C24H35N5O6S.